The van der Waals surface area contributed by atoms with Crippen molar-refractivity contribution in [1.29, 1.82) is 0 Å². The van der Waals surface area contributed by atoms with E-state index in [1.165, 1.54) is 11.3 Å². The standard InChI is InChI=1S/C38H50ClN7O6S/c1-5-23(4)27(33(48)45-30(37(51)52)19-24-10-7-6-8-11-24)20-32(47)29(18-22(2)3)44-34(49)28(12-9-17-42-38(40)41)43-35(50)31-21-53-36(46-31)25-13-15-26(39)16-14-25/h6-8,10-11,13-16,21-23,27-30H,5,9,12,17-20H2,1-4H3,(H,43,50)(H,44,49)(H,45,48)(H,51,52)(H4,40,41,42)/t23-,27-,28-,29-,30-/m0/s1. The average Bonchev–Trinajstić information content (AvgIpc) is 3.62. The number of ketones is 1. The zero-order valence-electron chi connectivity index (χ0n) is 30.5. The number of thiazole rings is 1. The second-order valence-corrected chi connectivity index (χ2v) is 14.8. The number of nitrogens with zero attached hydrogens (tertiary/aromatic N) is 2. The van der Waals surface area contributed by atoms with Crippen LogP contribution in [0, 0.1) is 17.8 Å². The number of aliphatic imine (C=N–C) groups is 1. The van der Waals surface area contributed by atoms with Crippen LogP contribution in [0.5, 0.6) is 0 Å². The molecule has 0 aliphatic heterocycles. The van der Waals surface area contributed by atoms with Crippen molar-refractivity contribution in [3.8, 4) is 10.6 Å². The van der Waals surface area contributed by atoms with Crippen LogP contribution in [0.3, 0.4) is 0 Å². The normalized spacial score (nSPS) is 13.9. The molecule has 0 bridgehead atoms. The van der Waals surface area contributed by atoms with Crippen LogP contribution in [0.4, 0.5) is 0 Å². The number of carboxylic acid groups (broad SMARTS) is 1. The minimum absolute atomic E-state index is 0.0152. The van der Waals surface area contributed by atoms with E-state index in [0.717, 1.165) is 11.1 Å². The van der Waals surface area contributed by atoms with Gasteiger partial charge in [0.1, 0.15) is 22.8 Å². The molecule has 2 aromatic carbocycles. The molecule has 0 fully saturated rings. The number of amides is 3. The lowest BCUT2D eigenvalue weighted by atomic mass is 9.84. The summed E-state index contributed by atoms with van der Waals surface area (Å²) in [5, 5.41) is 20.9. The topological polar surface area (TPSA) is 219 Å². The van der Waals surface area contributed by atoms with E-state index in [2.05, 4.69) is 25.9 Å². The number of hydrogen-bond donors (Lipinski definition) is 6. The summed E-state index contributed by atoms with van der Waals surface area (Å²) >= 11 is 7.27. The first kappa shape index (κ1) is 42.6. The minimum atomic E-state index is -1.19. The predicted molar refractivity (Wildman–Crippen MR) is 207 cm³/mol. The Morgan fingerprint density at radius 3 is 2.17 bits per heavy atom. The van der Waals surface area contributed by atoms with Crippen molar-refractivity contribution in [3.63, 3.8) is 0 Å². The van der Waals surface area contributed by atoms with E-state index in [0.29, 0.717) is 22.9 Å². The molecule has 0 radical (unpaired) electrons. The maximum Gasteiger partial charge on any atom is 0.326 e. The number of carbonyl (C=O) groups excluding carboxylic acids is 4. The molecule has 5 atom stereocenters. The van der Waals surface area contributed by atoms with Crippen molar-refractivity contribution >= 4 is 58.4 Å². The number of hydrogen-bond acceptors (Lipinski definition) is 8. The summed E-state index contributed by atoms with van der Waals surface area (Å²) in [5.74, 6) is -4.50. The van der Waals surface area contributed by atoms with Crippen LogP contribution >= 0.6 is 22.9 Å². The van der Waals surface area contributed by atoms with Crippen molar-refractivity contribution in [1.82, 2.24) is 20.9 Å². The van der Waals surface area contributed by atoms with Gasteiger partial charge in [-0.1, -0.05) is 88.2 Å². The van der Waals surface area contributed by atoms with Gasteiger partial charge < -0.3 is 32.5 Å². The number of nitrogens with one attached hydrogen (secondary N) is 3. The number of aliphatic carboxylic acids is 1. The molecule has 0 spiro atoms. The summed E-state index contributed by atoms with van der Waals surface area (Å²) in [4.78, 5) is 75.4. The number of halogens is 1. The second kappa shape index (κ2) is 21.0. The van der Waals surface area contributed by atoms with Gasteiger partial charge in [-0.05, 0) is 48.8 Å². The molecule has 53 heavy (non-hydrogen) atoms. The lowest BCUT2D eigenvalue weighted by Crippen LogP contribution is -2.53. The molecule has 8 N–H and O–H groups in total. The number of nitrogens with two attached hydrogens (primary N) is 2. The van der Waals surface area contributed by atoms with Crippen molar-refractivity contribution in [2.45, 2.75) is 84.3 Å². The van der Waals surface area contributed by atoms with E-state index >= 15 is 0 Å². The summed E-state index contributed by atoms with van der Waals surface area (Å²) in [6.45, 7) is 7.74. The summed E-state index contributed by atoms with van der Waals surface area (Å²) in [5.41, 5.74) is 12.6. The third-order valence-corrected chi connectivity index (χ3v) is 9.94. The molecule has 3 amide bonds. The zero-order valence-corrected chi connectivity index (χ0v) is 32.1. The minimum Gasteiger partial charge on any atom is -0.480 e. The Morgan fingerprint density at radius 2 is 1.57 bits per heavy atom. The van der Waals surface area contributed by atoms with E-state index < -0.39 is 47.7 Å². The van der Waals surface area contributed by atoms with E-state index in [-0.39, 0.29) is 61.5 Å². The van der Waals surface area contributed by atoms with E-state index in [4.69, 9.17) is 23.1 Å². The molecule has 0 aliphatic carbocycles. The molecule has 0 saturated heterocycles. The van der Waals surface area contributed by atoms with Gasteiger partial charge in [0.05, 0.1) is 6.04 Å². The van der Waals surface area contributed by atoms with E-state index in [9.17, 15) is 29.1 Å². The molecular formula is C38H50ClN7O6S. The maximum absolute atomic E-state index is 14.0. The van der Waals surface area contributed by atoms with Crippen molar-refractivity contribution in [2.75, 3.05) is 6.54 Å². The van der Waals surface area contributed by atoms with Gasteiger partial charge in [0, 0.05) is 41.3 Å². The molecule has 1 aromatic heterocycles. The van der Waals surface area contributed by atoms with Gasteiger partial charge >= 0.3 is 5.97 Å². The SMILES string of the molecule is CC[C@H](C)[C@H](CC(=O)[C@H](CC(C)C)NC(=O)[C@H](CCCN=C(N)N)NC(=O)c1csc(-c2ccc(Cl)cc2)n1)C(=O)N[C@@H](Cc1ccccc1)C(=O)O. The number of carboxylic acids is 1. The highest BCUT2D eigenvalue weighted by atomic mass is 35.5. The summed E-state index contributed by atoms with van der Waals surface area (Å²) < 4.78 is 0. The molecule has 286 valence electrons. The first-order chi connectivity index (χ1) is 25.2. The number of rotatable bonds is 21. The Hall–Kier alpha value is -4.82. The number of carbonyl (C=O) groups is 5. The maximum atomic E-state index is 14.0. The summed E-state index contributed by atoms with van der Waals surface area (Å²) in [6.07, 6.45) is 1.19. The third kappa shape index (κ3) is 13.9. The molecule has 13 nitrogen and oxygen atoms in total. The molecule has 3 aromatic rings. The first-order valence-corrected chi connectivity index (χ1v) is 18.9. The smallest absolute Gasteiger partial charge is 0.326 e. The van der Waals surface area contributed by atoms with Crippen LogP contribution in [-0.2, 0) is 25.6 Å². The molecule has 0 saturated carbocycles. The van der Waals surface area contributed by atoms with Gasteiger partial charge in [-0.25, -0.2) is 9.78 Å². The Kier molecular flexibility index (Phi) is 16.9. The first-order valence-electron chi connectivity index (χ1n) is 17.7. The predicted octanol–water partition coefficient (Wildman–Crippen LogP) is 4.58. The van der Waals surface area contributed by atoms with Crippen molar-refractivity contribution in [2.24, 2.45) is 34.2 Å². The quantitative estimate of drug-likeness (QED) is 0.0507. The zero-order chi connectivity index (χ0) is 39.1. The van der Waals surface area contributed by atoms with Crippen molar-refractivity contribution in [3.05, 3.63) is 76.3 Å². The highest BCUT2D eigenvalue weighted by molar-refractivity contribution is 7.13. The Bertz CT molecular complexity index is 1710. The number of guanidine groups is 1. The van der Waals surface area contributed by atoms with Gasteiger partial charge in [0.2, 0.25) is 11.8 Å². The lowest BCUT2D eigenvalue weighted by Gasteiger charge is -2.28. The largest absolute Gasteiger partial charge is 0.480 e. The van der Waals surface area contributed by atoms with Crippen LogP contribution in [0.15, 0.2) is 65.0 Å². The van der Waals surface area contributed by atoms with Gasteiger partial charge in [-0.2, -0.15) is 0 Å². The van der Waals surface area contributed by atoms with Crippen LogP contribution in [0.25, 0.3) is 10.6 Å². The summed E-state index contributed by atoms with van der Waals surface area (Å²) in [7, 11) is 0. The Labute approximate surface area is 319 Å². The highest BCUT2D eigenvalue weighted by Crippen LogP contribution is 2.26. The molecule has 3 rings (SSSR count). The highest BCUT2D eigenvalue weighted by Gasteiger charge is 2.34. The fourth-order valence-electron chi connectivity index (χ4n) is 5.65. The van der Waals surface area contributed by atoms with Crippen molar-refractivity contribution < 1.29 is 29.1 Å². The number of aromatic nitrogens is 1. The van der Waals surface area contributed by atoms with Crippen LogP contribution in [0.2, 0.25) is 5.02 Å². The van der Waals surface area contributed by atoms with E-state index in [1.54, 1.807) is 53.9 Å². The van der Waals surface area contributed by atoms with Gasteiger partial charge in [0.15, 0.2) is 11.7 Å². The average molecular weight is 768 g/mol. The summed E-state index contributed by atoms with van der Waals surface area (Å²) in [6, 6.07) is 12.7. The third-order valence-electron chi connectivity index (χ3n) is 8.79. The van der Waals surface area contributed by atoms with Crippen LogP contribution in [-0.4, -0.2) is 70.2 Å². The lowest BCUT2D eigenvalue weighted by molar-refractivity contribution is -0.143. The monoisotopic (exact) mass is 767 g/mol. The molecule has 1 heterocycles. The Balaban J connectivity index is 1.79. The van der Waals surface area contributed by atoms with Gasteiger partial charge in [0.25, 0.3) is 5.91 Å². The Morgan fingerprint density at radius 1 is 0.906 bits per heavy atom. The fourth-order valence-corrected chi connectivity index (χ4v) is 6.58. The second-order valence-electron chi connectivity index (χ2n) is 13.5. The van der Waals surface area contributed by atoms with Crippen LogP contribution in [0.1, 0.15) is 75.9 Å². The molecule has 0 aliphatic rings. The van der Waals surface area contributed by atoms with Gasteiger partial charge in [-0.15, -0.1) is 11.3 Å². The van der Waals surface area contributed by atoms with E-state index in [1.807, 2.05) is 33.8 Å². The van der Waals surface area contributed by atoms with Gasteiger partial charge in [-0.3, -0.25) is 24.2 Å². The molecule has 0 unspecified atom stereocenters. The fraction of sp³-hybridized carbons (Fsp3) is 0.447. The number of benzene rings is 2. The molecular weight excluding hydrogens is 718 g/mol. The number of Topliss-reactive ketones (excluding diaryl/α,β-unsaturated/α-hetero) is 1. The molecule has 15 heteroatoms. The van der Waals surface area contributed by atoms with Crippen LogP contribution < -0.4 is 27.4 Å².